The highest BCUT2D eigenvalue weighted by molar-refractivity contribution is 6.25. The van der Waals surface area contributed by atoms with Gasteiger partial charge in [-0.3, -0.25) is 0 Å². The summed E-state index contributed by atoms with van der Waals surface area (Å²) in [5.41, 5.74) is 11.7. The van der Waals surface area contributed by atoms with Gasteiger partial charge in [-0.05, 0) is 96.0 Å². The Hall–Kier alpha value is -7.36. The van der Waals surface area contributed by atoms with Crippen LogP contribution in [0.2, 0.25) is 0 Å². The van der Waals surface area contributed by atoms with Crippen LogP contribution in [0.25, 0.3) is 110 Å². The van der Waals surface area contributed by atoms with E-state index in [1.54, 1.807) is 0 Å². The van der Waals surface area contributed by atoms with E-state index in [2.05, 4.69) is 182 Å². The molecule has 3 heteroatoms. The number of rotatable bonds is 5. The lowest BCUT2D eigenvalue weighted by Crippen LogP contribution is -1.94. The Kier molecular flexibility index (Phi) is 7.17. The summed E-state index contributed by atoms with van der Waals surface area (Å²) in [6.45, 7) is 0. The summed E-state index contributed by atoms with van der Waals surface area (Å²) in [5.74, 6) is 0.655. The molecule has 2 heterocycles. The van der Waals surface area contributed by atoms with E-state index in [9.17, 15) is 0 Å². The molecule has 0 radical (unpaired) electrons. The number of hydrogen-bond acceptors (Lipinski definition) is 3. The van der Waals surface area contributed by atoms with Crippen LogP contribution in [0.15, 0.2) is 199 Å². The highest BCUT2D eigenvalue weighted by Gasteiger charge is 2.20. The molecule has 0 aliphatic heterocycles. The summed E-state index contributed by atoms with van der Waals surface area (Å²) in [6, 6.07) is 68.7. The fourth-order valence-electron chi connectivity index (χ4n) is 8.18. The third-order valence-electron chi connectivity index (χ3n) is 10.9. The number of benzene rings is 9. The molecule has 0 fully saturated rings. The molecule has 55 heavy (non-hydrogen) atoms. The topological polar surface area (TPSA) is 38.9 Å². The van der Waals surface area contributed by atoms with Crippen LogP contribution >= 0.6 is 0 Å². The molecular weight excluding hydrogens is 669 g/mol. The molecule has 9 aromatic carbocycles. The average molecular weight is 701 g/mol. The van der Waals surface area contributed by atoms with Crippen molar-refractivity contribution in [3.63, 3.8) is 0 Å². The predicted molar refractivity (Wildman–Crippen MR) is 229 cm³/mol. The Bertz CT molecular complexity index is 3220. The smallest absolute Gasteiger partial charge is 0.180 e. The molecule has 0 N–H and O–H groups in total. The van der Waals surface area contributed by atoms with Gasteiger partial charge in [0.15, 0.2) is 11.4 Å². The van der Waals surface area contributed by atoms with E-state index in [1.807, 2.05) is 12.1 Å². The third-order valence-corrected chi connectivity index (χ3v) is 10.9. The molecule has 11 rings (SSSR count). The highest BCUT2D eigenvalue weighted by atomic mass is 16.3. The van der Waals surface area contributed by atoms with Crippen LogP contribution in [0.3, 0.4) is 0 Å². The number of furan rings is 1. The van der Waals surface area contributed by atoms with Crippen LogP contribution < -0.4 is 0 Å². The van der Waals surface area contributed by atoms with Crippen molar-refractivity contribution in [1.82, 2.24) is 9.97 Å². The minimum absolute atomic E-state index is 0.655. The van der Waals surface area contributed by atoms with Gasteiger partial charge in [0.25, 0.3) is 0 Å². The fourth-order valence-corrected chi connectivity index (χ4v) is 8.18. The molecule has 0 aliphatic carbocycles. The van der Waals surface area contributed by atoms with Crippen LogP contribution in [-0.2, 0) is 0 Å². The van der Waals surface area contributed by atoms with Crippen LogP contribution in [0.5, 0.6) is 0 Å². The number of aromatic nitrogens is 2. The van der Waals surface area contributed by atoms with Crippen LogP contribution in [-0.4, -0.2) is 9.97 Å². The first-order chi connectivity index (χ1) is 27.2. The van der Waals surface area contributed by atoms with Crippen molar-refractivity contribution in [3.8, 4) is 56.0 Å². The lowest BCUT2D eigenvalue weighted by Gasteiger charge is -2.13. The Labute approximate surface area is 317 Å². The van der Waals surface area contributed by atoms with Gasteiger partial charge in [-0.15, -0.1) is 0 Å². The van der Waals surface area contributed by atoms with Gasteiger partial charge in [0.1, 0.15) is 16.8 Å². The Morgan fingerprint density at radius 3 is 1.42 bits per heavy atom. The van der Waals surface area contributed by atoms with Crippen molar-refractivity contribution in [3.05, 3.63) is 194 Å². The second-order valence-corrected chi connectivity index (χ2v) is 14.1. The minimum atomic E-state index is 0.655. The zero-order valence-corrected chi connectivity index (χ0v) is 29.8. The fraction of sp³-hybridized carbons (Fsp3) is 0. The van der Waals surface area contributed by atoms with Gasteiger partial charge < -0.3 is 4.42 Å². The highest BCUT2D eigenvalue weighted by Crippen LogP contribution is 2.40. The maximum absolute atomic E-state index is 6.68. The zero-order valence-electron chi connectivity index (χ0n) is 29.8. The summed E-state index contributed by atoms with van der Waals surface area (Å²) < 4.78 is 6.68. The summed E-state index contributed by atoms with van der Waals surface area (Å²) in [5, 5.41) is 8.53. The van der Waals surface area contributed by atoms with Gasteiger partial charge in [0.05, 0.1) is 0 Å². The molecule has 3 nitrogen and oxygen atoms in total. The predicted octanol–water partition coefficient (Wildman–Crippen LogP) is 14.2. The van der Waals surface area contributed by atoms with Gasteiger partial charge in [0, 0.05) is 16.5 Å². The minimum Gasteiger partial charge on any atom is -0.452 e. The average Bonchev–Trinajstić information content (AvgIpc) is 3.65. The summed E-state index contributed by atoms with van der Waals surface area (Å²) in [7, 11) is 0. The van der Waals surface area contributed by atoms with Crippen molar-refractivity contribution in [1.29, 1.82) is 0 Å². The Morgan fingerprint density at radius 1 is 0.291 bits per heavy atom. The SMILES string of the molecule is c1ccc(-c2cccc(-c3nc(-c4cccc(-c5ccc6c7ccccc7c7ccccc7c6c5)c4)c4oc5ccc(-c6ccccc6)cc5c4n3)c2)cc1. The lowest BCUT2D eigenvalue weighted by molar-refractivity contribution is 0.667. The van der Waals surface area contributed by atoms with Crippen LogP contribution in [0.4, 0.5) is 0 Å². The number of nitrogens with zero attached hydrogens (tertiary/aromatic N) is 2. The summed E-state index contributed by atoms with van der Waals surface area (Å²) in [6.07, 6.45) is 0. The van der Waals surface area contributed by atoms with Gasteiger partial charge in [0.2, 0.25) is 0 Å². The maximum atomic E-state index is 6.68. The van der Waals surface area contributed by atoms with E-state index in [-0.39, 0.29) is 0 Å². The van der Waals surface area contributed by atoms with Gasteiger partial charge >= 0.3 is 0 Å². The molecule has 0 atom stereocenters. The van der Waals surface area contributed by atoms with E-state index in [1.165, 1.54) is 32.3 Å². The maximum Gasteiger partial charge on any atom is 0.180 e. The van der Waals surface area contributed by atoms with Gasteiger partial charge in [-0.2, -0.15) is 0 Å². The van der Waals surface area contributed by atoms with E-state index in [4.69, 9.17) is 14.4 Å². The second kappa shape index (κ2) is 12.6. The number of hydrogen-bond donors (Lipinski definition) is 0. The summed E-state index contributed by atoms with van der Waals surface area (Å²) in [4.78, 5) is 10.6. The molecule has 0 amide bonds. The van der Waals surface area contributed by atoms with E-state index in [0.29, 0.717) is 11.4 Å². The van der Waals surface area contributed by atoms with Gasteiger partial charge in [-0.1, -0.05) is 164 Å². The van der Waals surface area contributed by atoms with E-state index < -0.39 is 0 Å². The molecule has 256 valence electrons. The quantitative estimate of drug-likeness (QED) is 0.168. The molecule has 0 spiro atoms. The molecule has 11 aromatic rings. The first kappa shape index (κ1) is 31.2. The van der Waals surface area contributed by atoms with E-state index in [0.717, 1.165) is 66.7 Å². The molecule has 0 unspecified atom stereocenters. The van der Waals surface area contributed by atoms with Gasteiger partial charge in [-0.25, -0.2) is 9.97 Å². The van der Waals surface area contributed by atoms with Crippen molar-refractivity contribution in [2.75, 3.05) is 0 Å². The zero-order chi connectivity index (χ0) is 36.3. The van der Waals surface area contributed by atoms with Crippen molar-refractivity contribution in [2.45, 2.75) is 0 Å². The van der Waals surface area contributed by atoms with Crippen LogP contribution in [0.1, 0.15) is 0 Å². The Balaban J connectivity index is 1.11. The van der Waals surface area contributed by atoms with Crippen LogP contribution in [0, 0.1) is 0 Å². The molecular formula is C52H32N2O. The molecule has 2 aromatic heterocycles. The number of fused-ring (bicyclic) bond motifs is 9. The second-order valence-electron chi connectivity index (χ2n) is 14.1. The largest absolute Gasteiger partial charge is 0.452 e. The van der Waals surface area contributed by atoms with Crippen molar-refractivity contribution < 1.29 is 4.42 Å². The lowest BCUT2D eigenvalue weighted by atomic mass is 9.91. The molecule has 0 saturated carbocycles. The summed E-state index contributed by atoms with van der Waals surface area (Å²) >= 11 is 0. The first-order valence-corrected chi connectivity index (χ1v) is 18.6. The molecule has 0 saturated heterocycles. The monoisotopic (exact) mass is 700 g/mol. The van der Waals surface area contributed by atoms with Crippen molar-refractivity contribution in [2.24, 2.45) is 0 Å². The third kappa shape index (κ3) is 5.28. The Morgan fingerprint density at radius 2 is 0.745 bits per heavy atom. The van der Waals surface area contributed by atoms with Crippen molar-refractivity contribution >= 4 is 54.4 Å². The normalized spacial score (nSPS) is 11.6. The first-order valence-electron chi connectivity index (χ1n) is 18.6. The van der Waals surface area contributed by atoms with E-state index >= 15 is 0 Å². The molecule has 0 bridgehead atoms. The molecule has 0 aliphatic rings. The standard InChI is InChI=1S/C52H32N2O/c1-3-13-33(14-4-1)35-17-12-20-40(30-35)52-53-49(51-50(54-52)47-32-37(26-28-48(47)55-51)34-15-5-2-6-16-34)39-19-11-18-36(29-39)38-25-27-45-43-23-8-7-21-41(43)42-22-9-10-24-44(42)46(45)31-38/h1-32H.